The molecule has 0 aliphatic rings. The molecule has 0 saturated carbocycles. The summed E-state index contributed by atoms with van der Waals surface area (Å²) >= 11 is 5.63. The zero-order valence-corrected chi connectivity index (χ0v) is 10.6. The first-order valence-corrected chi connectivity index (χ1v) is 5.66. The maximum atomic E-state index is 13.6. The highest BCUT2D eigenvalue weighted by Crippen LogP contribution is 2.28. The molecule has 2 rings (SSSR count). The highest BCUT2D eigenvalue weighted by Gasteiger charge is 2.11. The fourth-order valence-electron chi connectivity index (χ4n) is 1.39. The molecule has 0 spiro atoms. The van der Waals surface area contributed by atoms with E-state index in [0.29, 0.717) is 0 Å². The van der Waals surface area contributed by atoms with Crippen LogP contribution in [0.3, 0.4) is 0 Å². The van der Waals surface area contributed by atoms with Gasteiger partial charge in [-0.3, -0.25) is 0 Å². The number of aromatic nitrogens is 1. The minimum absolute atomic E-state index is 0.0541. The summed E-state index contributed by atoms with van der Waals surface area (Å²) in [6.07, 6.45) is 1.37. The summed E-state index contributed by atoms with van der Waals surface area (Å²) in [7, 11) is 1.26. The van der Waals surface area contributed by atoms with Gasteiger partial charge in [0, 0.05) is 12.3 Å². The van der Waals surface area contributed by atoms with Crippen LogP contribution >= 0.6 is 11.6 Å². The van der Waals surface area contributed by atoms with Crippen LogP contribution in [0.1, 0.15) is 10.4 Å². The van der Waals surface area contributed by atoms with Crippen molar-refractivity contribution in [2.75, 3.05) is 7.11 Å². The second-order valence-corrected chi connectivity index (χ2v) is 3.94. The number of hydrogen-bond donors (Lipinski definition) is 0. The van der Waals surface area contributed by atoms with Gasteiger partial charge in [-0.1, -0.05) is 17.7 Å². The molecular formula is C13H9ClFNO3. The Hall–Kier alpha value is -2.14. The molecule has 0 unspecified atom stereocenters. The van der Waals surface area contributed by atoms with E-state index >= 15 is 0 Å². The molecule has 6 heteroatoms. The summed E-state index contributed by atoms with van der Waals surface area (Å²) in [5.74, 6) is -1.21. The summed E-state index contributed by atoms with van der Waals surface area (Å²) in [6.45, 7) is 0. The summed E-state index contributed by atoms with van der Waals surface area (Å²) in [6, 6.07) is 7.18. The van der Waals surface area contributed by atoms with Crippen molar-refractivity contribution in [1.82, 2.24) is 4.98 Å². The third-order valence-corrected chi connectivity index (χ3v) is 2.58. The van der Waals surface area contributed by atoms with Gasteiger partial charge >= 0.3 is 5.97 Å². The summed E-state index contributed by atoms with van der Waals surface area (Å²) in [4.78, 5) is 15.2. The van der Waals surface area contributed by atoms with Crippen molar-refractivity contribution in [3.63, 3.8) is 0 Å². The van der Waals surface area contributed by atoms with Crippen molar-refractivity contribution in [3.05, 3.63) is 52.9 Å². The second kappa shape index (κ2) is 5.67. The Balaban J connectivity index is 2.28. The van der Waals surface area contributed by atoms with Crippen LogP contribution in [0.25, 0.3) is 0 Å². The van der Waals surface area contributed by atoms with Crippen molar-refractivity contribution in [2.45, 2.75) is 0 Å². The Labute approximate surface area is 113 Å². The Morgan fingerprint density at radius 1 is 1.37 bits per heavy atom. The molecule has 4 nitrogen and oxygen atoms in total. The Morgan fingerprint density at radius 3 is 2.89 bits per heavy atom. The summed E-state index contributed by atoms with van der Waals surface area (Å²) < 4.78 is 23.5. The van der Waals surface area contributed by atoms with E-state index in [2.05, 4.69) is 9.72 Å². The molecule has 0 aliphatic heterocycles. The number of hydrogen-bond acceptors (Lipinski definition) is 4. The van der Waals surface area contributed by atoms with Crippen LogP contribution in [-0.4, -0.2) is 18.1 Å². The number of benzene rings is 1. The first-order chi connectivity index (χ1) is 9.11. The standard InChI is InChI=1S/C13H9ClFNO3/c1-18-13(17)8-5-6-16-11(7-8)19-10-4-2-3-9(14)12(10)15/h2-7H,1H3. The van der Waals surface area contributed by atoms with Crippen LogP contribution < -0.4 is 4.74 Å². The Bertz CT molecular complexity index is 619. The zero-order chi connectivity index (χ0) is 13.8. The number of pyridine rings is 1. The molecule has 0 atom stereocenters. The lowest BCUT2D eigenvalue weighted by molar-refractivity contribution is 0.0600. The van der Waals surface area contributed by atoms with Gasteiger partial charge in [0.25, 0.3) is 0 Å². The molecular weight excluding hydrogens is 273 g/mol. The quantitative estimate of drug-likeness (QED) is 0.809. The van der Waals surface area contributed by atoms with E-state index in [4.69, 9.17) is 16.3 Å². The number of carbonyl (C=O) groups is 1. The lowest BCUT2D eigenvalue weighted by atomic mass is 10.3. The topological polar surface area (TPSA) is 48.4 Å². The van der Waals surface area contributed by atoms with Crippen LogP contribution in [0, 0.1) is 5.82 Å². The molecule has 0 aliphatic carbocycles. The number of esters is 1. The van der Waals surface area contributed by atoms with Gasteiger partial charge in [-0.2, -0.15) is 0 Å². The predicted molar refractivity (Wildman–Crippen MR) is 67.1 cm³/mol. The molecule has 0 bridgehead atoms. The number of ether oxygens (including phenoxy) is 2. The largest absolute Gasteiger partial charge is 0.465 e. The lowest BCUT2D eigenvalue weighted by Gasteiger charge is -2.07. The monoisotopic (exact) mass is 281 g/mol. The minimum atomic E-state index is -0.686. The van der Waals surface area contributed by atoms with Crippen LogP contribution in [0.2, 0.25) is 5.02 Å². The van der Waals surface area contributed by atoms with Gasteiger partial charge < -0.3 is 9.47 Å². The highest BCUT2D eigenvalue weighted by atomic mass is 35.5. The molecule has 19 heavy (non-hydrogen) atoms. The van der Waals surface area contributed by atoms with Gasteiger partial charge in [0.15, 0.2) is 11.6 Å². The van der Waals surface area contributed by atoms with E-state index in [1.807, 2.05) is 0 Å². The van der Waals surface area contributed by atoms with Crippen LogP contribution in [-0.2, 0) is 4.74 Å². The van der Waals surface area contributed by atoms with Gasteiger partial charge in [0.05, 0.1) is 17.7 Å². The zero-order valence-electron chi connectivity index (χ0n) is 9.89. The highest BCUT2D eigenvalue weighted by molar-refractivity contribution is 6.30. The number of halogens is 2. The number of rotatable bonds is 3. The van der Waals surface area contributed by atoms with E-state index in [9.17, 15) is 9.18 Å². The van der Waals surface area contributed by atoms with E-state index < -0.39 is 11.8 Å². The molecule has 98 valence electrons. The fourth-order valence-corrected chi connectivity index (χ4v) is 1.55. The lowest BCUT2D eigenvalue weighted by Crippen LogP contribution is -2.02. The van der Waals surface area contributed by atoms with E-state index in [1.165, 1.54) is 37.6 Å². The number of methoxy groups -OCH3 is 1. The average molecular weight is 282 g/mol. The van der Waals surface area contributed by atoms with Crippen molar-refractivity contribution >= 4 is 17.6 Å². The van der Waals surface area contributed by atoms with Gasteiger partial charge in [0.1, 0.15) is 0 Å². The molecule has 1 heterocycles. The first-order valence-electron chi connectivity index (χ1n) is 5.28. The molecule has 1 aromatic heterocycles. The SMILES string of the molecule is COC(=O)c1ccnc(Oc2cccc(Cl)c2F)c1. The van der Waals surface area contributed by atoms with Gasteiger partial charge in [-0.05, 0) is 18.2 Å². The molecule has 2 aromatic rings. The second-order valence-electron chi connectivity index (χ2n) is 3.53. The molecule has 0 fully saturated rings. The summed E-state index contributed by atoms with van der Waals surface area (Å²) in [5.41, 5.74) is 0.259. The number of nitrogens with zero attached hydrogens (tertiary/aromatic N) is 1. The third kappa shape index (κ3) is 3.00. The average Bonchev–Trinajstić information content (AvgIpc) is 2.43. The molecule has 0 saturated heterocycles. The molecule has 0 amide bonds. The Morgan fingerprint density at radius 2 is 2.16 bits per heavy atom. The fraction of sp³-hybridized carbons (Fsp3) is 0.0769. The normalized spacial score (nSPS) is 10.1. The van der Waals surface area contributed by atoms with E-state index in [0.717, 1.165) is 0 Å². The number of carbonyl (C=O) groups excluding carboxylic acids is 1. The van der Waals surface area contributed by atoms with Crippen LogP contribution in [0.4, 0.5) is 4.39 Å². The maximum absolute atomic E-state index is 13.6. The smallest absolute Gasteiger partial charge is 0.338 e. The first kappa shape index (κ1) is 13.3. The van der Waals surface area contributed by atoms with Crippen LogP contribution in [0.15, 0.2) is 36.5 Å². The van der Waals surface area contributed by atoms with Crippen molar-refractivity contribution in [1.29, 1.82) is 0 Å². The van der Waals surface area contributed by atoms with E-state index in [-0.39, 0.29) is 22.2 Å². The maximum Gasteiger partial charge on any atom is 0.338 e. The van der Waals surface area contributed by atoms with Gasteiger partial charge in [-0.25, -0.2) is 14.2 Å². The Kier molecular flexibility index (Phi) is 3.97. The van der Waals surface area contributed by atoms with Crippen molar-refractivity contribution in [2.24, 2.45) is 0 Å². The van der Waals surface area contributed by atoms with Gasteiger partial charge in [0.2, 0.25) is 5.88 Å². The third-order valence-electron chi connectivity index (χ3n) is 2.29. The summed E-state index contributed by atoms with van der Waals surface area (Å²) in [5, 5.41) is -0.0541. The molecule has 0 N–H and O–H groups in total. The minimum Gasteiger partial charge on any atom is -0.465 e. The molecule has 0 radical (unpaired) electrons. The predicted octanol–water partition coefficient (Wildman–Crippen LogP) is 3.45. The molecule has 1 aromatic carbocycles. The van der Waals surface area contributed by atoms with Crippen molar-refractivity contribution < 1.29 is 18.7 Å². The van der Waals surface area contributed by atoms with Crippen molar-refractivity contribution in [3.8, 4) is 11.6 Å². The van der Waals surface area contributed by atoms with Crippen LogP contribution in [0.5, 0.6) is 11.6 Å². The van der Waals surface area contributed by atoms with Gasteiger partial charge in [-0.15, -0.1) is 0 Å². The van der Waals surface area contributed by atoms with E-state index in [1.54, 1.807) is 6.07 Å².